The summed E-state index contributed by atoms with van der Waals surface area (Å²) in [6, 6.07) is 2.68. The van der Waals surface area contributed by atoms with E-state index in [9.17, 15) is 0 Å². The summed E-state index contributed by atoms with van der Waals surface area (Å²) in [5, 5.41) is 7.52. The van der Waals surface area contributed by atoms with Gasteiger partial charge in [0.15, 0.2) is 0 Å². The second kappa shape index (κ2) is 5.46. The minimum Gasteiger partial charge on any atom is -0.361 e. The molecular formula is C12H21N3O. The van der Waals surface area contributed by atoms with Gasteiger partial charge >= 0.3 is 0 Å². The normalized spacial score (nSPS) is 21.6. The summed E-state index contributed by atoms with van der Waals surface area (Å²) in [5.74, 6) is 0.896. The van der Waals surface area contributed by atoms with Crippen molar-refractivity contribution in [1.82, 2.24) is 15.4 Å². The molecule has 2 rings (SSSR count). The lowest BCUT2D eigenvalue weighted by molar-refractivity contribution is 0.162. The van der Waals surface area contributed by atoms with E-state index in [1.165, 1.54) is 12.8 Å². The molecule has 0 saturated carbocycles. The zero-order chi connectivity index (χ0) is 11.4. The van der Waals surface area contributed by atoms with Crippen LogP contribution in [0.2, 0.25) is 0 Å². The highest BCUT2D eigenvalue weighted by Gasteiger charge is 2.20. The van der Waals surface area contributed by atoms with Gasteiger partial charge in [-0.25, -0.2) is 0 Å². The number of aryl methyl sites for hydroxylation is 1. The molecule has 1 aliphatic rings. The zero-order valence-corrected chi connectivity index (χ0v) is 10.2. The van der Waals surface area contributed by atoms with Crippen LogP contribution in [-0.4, -0.2) is 35.7 Å². The summed E-state index contributed by atoms with van der Waals surface area (Å²) < 4.78 is 5.10. The number of nitrogens with zero attached hydrogens (tertiary/aromatic N) is 2. The maximum Gasteiger partial charge on any atom is 0.133 e. The first-order chi connectivity index (χ1) is 7.79. The molecule has 1 aromatic heterocycles. The Morgan fingerprint density at radius 3 is 3.06 bits per heavy atom. The number of likely N-dealkylation sites (N-methyl/N-ethyl adjacent to an activating group) is 1. The number of aromatic nitrogens is 1. The van der Waals surface area contributed by atoms with E-state index in [0.717, 1.165) is 37.6 Å². The highest BCUT2D eigenvalue weighted by molar-refractivity contribution is 5.03. The minimum absolute atomic E-state index is 0.649. The predicted molar refractivity (Wildman–Crippen MR) is 63.2 cm³/mol. The molecule has 4 heteroatoms. The Bertz CT molecular complexity index is 318. The van der Waals surface area contributed by atoms with Crippen LogP contribution in [0.3, 0.4) is 0 Å². The van der Waals surface area contributed by atoms with Gasteiger partial charge in [-0.15, -0.1) is 0 Å². The Morgan fingerprint density at radius 1 is 1.62 bits per heavy atom. The van der Waals surface area contributed by atoms with Crippen LogP contribution in [0.15, 0.2) is 10.6 Å². The van der Waals surface area contributed by atoms with Crippen molar-refractivity contribution in [3.8, 4) is 0 Å². The fourth-order valence-corrected chi connectivity index (χ4v) is 2.34. The topological polar surface area (TPSA) is 41.3 Å². The van der Waals surface area contributed by atoms with Crippen molar-refractivity contribution in [1.29, 1.82) is 0 Å². The lowest BCUT2D eigenvalue weighted by atomic mass is 10.1. The Labute approximate surface area is 97.0 Å². The number of piperidine rings is 1. The van der Waals surface area contributed by atoms with Crippen LogP contribution in [0, 0.1) is 6.92 Å². The molecule has 2 heterocycles. The van der Waals surface area contributed by atoms with Crippen molar-refractivity contribution in [3.63, 3.8) is 0 Å². The van der Waals surface area contributed by atoms with Crippen LogP contribution in [-0.2, 0) is 6.54 Å². The third kappa shape index (κ3) is 2.83. The predicted octanol–water partition coefficient (Wildman–Crippen LogP) is 1.56. The minimum atomic E-state index is 0.649. The molecule has 1 aromatic rings. The van der Waals surface area contributed by atoms with E-state index in [0.29, 0.717) is 6.04 Å². The lowest BCUT2D eigenvalue weighted by Gasteiger charge is -2.33. The van der Waals surface area contributed by atoms with Gasteiger partial charge in [0.05, 0.1) is 5.69 Å². The third-order valence-electron chi connectivity index (χ3n) is 3.24. The van der Waals surface area contributed by atoms with Crippen molar-refractivity contribution in [3.05, 3.63) is 17.5 Å². The largest absolute Gasteiger partial charge is 0.361 e. The summed E-state index contributed by atoms with van der Waals surface area (Å²) >= 11 is 0. The van der Waals surface area contributed by atoms with E-state index in [1.54, 1.807) is 0 Å². The first-order valence-electron chi connectivity index (χ1n) is 6.16. The molecule has 1 N–H and O–H groups in total. The molecule has 1 atom stereocenters. The molecule has 0 amide bonds. The molecule has 4 nitrogen and oxygen atoms in total. The molecule has 0 radical (unpaired) electrons. The smallest absolute Gasteiger partial charge is 0.133 e. The molecule has 16 heavy (non-hydrogen) atoms. The maximum absolute atomic E-state index is 5.10. The van der Waals surface area contributed by atoms with Crippen molar-refractivity contribution in [2.45, 2.75) is 39.3 Å². The van der Waals surface area contributed by atoms with Gasteiger partial charge in [-0.1, -0.05) is 12.1 Å². The van der Waals surface area contributed by atoms with E-state index in [2.05, 4.69) is 22.3 Å². The van der Waals surface area contributed by atoms with E-state index >= 15 is 0 Å². The average Bonchev–Trinajstić information content (AvgIpc) is 2.73. The van der Waals surface area contributed by atoms with Crippen LogP contribution in [0.25, 0.3) is 0 Å². The SMILES string of the molecule is CCN(Cc1cc(C)on1)C1CCCNC1. The summed E-state index contributed by atoms with van der Waals surface area (Å²) in [6.07, 6.45) is 2.57. The van der Waals surface area contributed by atoms with E-state index in [4.69, 9.17) is 4.52 Å². The van der Waals surface area contributed by atoms with Gasteiger partial charge in [-0.2, -0.15) is 0 Å². The second-order valence-corrected chi connectivity index (χ2v) is 4.49. The number of nitrogens with one attached hydrogen (secondary N) is 1. The zero-order valence-electron chi connectivity index (χ0n) is 10.2. The first kappa shape index (κ1) is 11.6. The monoisotopic (exact) mass is 223 g/mol. The Hall–Kier alpha value is -0.870. The van der Waals surface area contributed by atoms with Gasteiger partial charge in [0.1, 0.15) is 5.76 Å². The molecule has 1 saturated heterocycles. The van der Waals surface area contributed by atoms with Crippen LogP contribution in [0.1, 0.15) is 31.2 Å². The Morgan fingerprint density at radius 2 is 2.50 bits per heavy atom. The van der Waals surface area contributed by atoms with Gasteiger partial charge in [-0.05, 0) is 32.9 Å². The Balaban J connectivity index is 1.94. The summed E-state index contributed by atoms with van der Waals surface area (Å²) in [6.45, 7) is 8.39. The number of hydrogen-bond donors (Lipinski definition) is 1. The van der Waals surface area contributed by atoms with Crippen LogP contribution in [0.5, 0.6) is 0 Å². The molecule has 1 fully saturated rings. The number of rotatable bonds is 4. The highest BCUT2D eigenvalue weighted by atomic mass is 16.5. The summed E-state index contributed by atoms with van der Waals surface area (Å²) in [4.78, 5) is 2.48. The van der Waals surface area contributed by atoms with Gasteiger partial charge in [-0.3, -0.25) is 4.90 Å². The van der Waals surface area contributed by atoms with Crippen molar-refractivity contribution < 1.29 is 4.52 Å². The molecule has 90 valence electrons. The van der Waals surface area contributed by atoms with E-state index in [1.807, 2.05) is 13.0 Å². The van der Waals surface area contributed by atoms with Gasteiger partial charge in [0.2, 0.25) is 0 Å². The fraction of sp³-hybridized carbons (Fsp3) is 0.750. The second-order valence-electron chi connectivity index (χ2n) is 4.49. The van der Waals surface area contributed by atoms with Gasteiger partial charge in [0.25, 0.3) is 0 Å². The first-order valence-corrected chi connectivity index (χ1v) is 6.16. The molecular weight excluding hydrogens is 202 g/mol. The standard InChI is InChI=1S/C12H21N3O/c1-3-15(12-5-4-6-13-8-12)9-11-7-10(2)16-14-11/h7,12-13H,3-6,8-9H2,1-2H3. The van der Waals surface area contributed by atoms with Crippen molar-refractivity contribution >= 4 is 0 Å². The maximum atomic E-state index is 5.10. The molecule has 0 aromatic carbocycles. The lowest BCUT2D eigenvalue weighted by Crippen LogP contribution is -2.45. The molecule has 1 aliphatic heterocycles. The average molecular weight is 223 g/mol. The molecule has 0 bridgehead atoms. The van der Waals surface area contributed by atoms with Crippen molar-refractivity contribution in [2.75, 3.05) is 19.6 Å². The van der Waals surface area contributed by atoms with E-state index < -0.39 is 0 Å². The third-order valence-corrected chi connectivity index (χ3v) is 3.24. The van der Waals surface area contributed by atoms with Gasteiger partial charge < -0.3 is 9.84 Å². The quantitative estimate of drug-likeness (QED) is 0.841. The van der Waals surface area contributed by atoms with Crippen LogP contribution in [0.4, 0.5) is 0 Å². The van der Waals surface area contributed by atoms with E-state index in [-0.39, 0.29) is 0 Å². The summed E-state index contributed by atoms with van der Waals surface area (Å²) in [5.41, 5.74) is 1.05. The molecule has 1 unspecified atom stereocenters. The van der Waals surface area contributed by atoms with Crippen molar-refractivity contribution in [2.24, 2.45) is 0 Å². The highest BCUT2D eigenvalue weighted by Crippen LogP contribution is 2.14. The van der Waals surface area contributed by atoms with Gasteiger partial charge in [0, 0.05) is 25.2 Å². The summed E-state index contributed by atoms with van der Waals surface area (Å²) in [7, 11) is 0. The number of hydrogen-bond acceptors (Lipinski definition) is 4. The molecule has 0 aliphatic carbocycles. The van der Waals surface area contributed by atoms with Crippen LogP contribution >= 0.6 is 0 Å². The molecule has 0 spiro atoms. The Kier molecular flexibility index (Phi) is 3.96. The van der Waals surface area contributed by atoms with Crippen LogP contribution < -0.4 is 5.32 Å². The fourth-order valence-electron chi connectivity index (χ4n) is 2.34.